The van der Waals surface area contributed by atoms with Crippen molar-refractivity contribution in [1.29, 1.82) is 0 Å². The summed E-state index contributed by atoms with van der Waals surface area (Å²) in [7, 11) is 1.67. The van der Waals surface area contributed by atoms with Gasteiger partial charge in [-0.15, -0.1) is 0 Å². The lowest BCUT2D eigenvalue weighted by atomic mass is 10.2. The van der Waals surface area contributed by atoms with Crippen LogP contribution in [0.2, 0.25) is 0 Å². The minimum atomic E-state index is 0.0429. The van der Waals surface area contributed by atoms with Crippen LogP contribution in [0.1, 0.15) is 6.92 Å². The summed E-state index contributed by atoms with van der Waals surface area (Å²) in [5.41, 5.74) is 1.10. The first-order valence-corrected chi connectivity index (χ1v) is 6.44. The number of ether oxygens (including phenoxy) is 1. The standard InChI is InChI=1S/C10H12N2OS2/c1-3-12-9-7(13-2)5-4-6-8(9)14-10(12)15-11/h4-6,10H,3H2,1-2H3. The molecule has 1 atom stereocenters. The maximum Gasteiger partial charge on any atom is 0.144 e. The van der Waals surface area contributed by atoms with Gasteiger partial charge in [0.25, 0.3) is 0 Å². The third-order valence-corrected chi connectivity index (χ3v) is 4.40. The lowest BCUT2D eigenvalue weighted by molar-refractivity contribution is 0.414. The van der Waals surface area contributed by atoms with Crippen LogP contribution in [0.15, 0.2) is 23.1 Å². The van der Waals surface area contributed by atoms with Crippen LogP contribution in [0.4, 0.5) is 5.69 Å². The van der Waals surface area contributed by atoms with E-state index in [1.54, 1.807) is 18.9 Å². The van der Waals surface area contributed by atoms with Crippen molar-refractivity contribution in [3.63, 3.8) is 0 Å². The Morgan fingerprint density at radius 2 is 2.40 bits per heavy atom. The molecule has 1 heterocycles. The van der Waals surface area contributed by atoms with Crippen molar-refractivity contribution in [2.75, 3.05) is 18.6 Å². The molecule has 0 aliphatic carbocycles. The molecule has 1 aromatic rings. The number of thioether (sulfide) groups is 1. The number of para-hydroxylation sites is 1. The molecule has 0 spiro atoms. The molecule has 3 nitrogen and oxygen atoms in total. The molecular weight excluding hydrogens is 228 g/mol. The first-order valence-electron chi connectivity index (χ1n) is 4.72. The average molecular weight is 240 g/mol. The number of benzene rings is 1. The molecule has 5 heteroatoms. The number of nitrogens with zero attached hydrogens (tertiary/aromatic N) is 2. The van der Waals surface area contributed by atoms with Gasteiger partial charge >= 0.3 is 0 Å². The van der Waals surface area contributed by atoms with Gasteiger partial charge in [-0.2, -0.15) is 0 Å². The van der Waals surface area contributed by atoms with E-state index < -0.39 is 0 Å². The summed E-state index contributed by atoms with van der Waals surface area (Å²) in [5.74, 6) is 0.874. The summed E-state index contributed by atoms with van der Waals surface area (Å²) >= 11 is 2.53. The van der Waals surface area contributed by atoms with E-state index in [4.69, 9.17) is 4.74 Å². The second-order valence-electron chi connectivity index (χ2n) is 3.12. The van der Waals surface area contributed by atoms with E-state index in [-0.39, 0.29) is 4.71 Å². The third kappa shape index (κ3) is 1.79. The van der Waals surface area contributed by atoms with Gasteiger partial charge in [-0.3, -0.25) is 0 Å². The summed E-state index contributed by atoms with van der Waals surface area (Å²) in [6.07, 6.45) is 0. The highest BCUT2D eigenvalue weighted by molar-refractivity contribution is 8.16. The van der Waals surface area contributed by atoms with Gasteiger partial charge in [0.2, 0.25) is 0 Å². The fourth-order valence-corrected chi connectivity index (χ4v) is 3.65. The van der Waals surface area contributed by atoms with E-state index in [2.05, 4.69) is 17.9 Å². The number of fused-ring (bicyclic) bond motifs is 1. The topological polar surface area (TPSA) is 34.8 Å². The molecule has 0 saturated carbocycles. The van der Waals surface area contributed by atoms with Crippen molar-refractivity contribution < 1.29 is 4.74 Å². The Morgan fingerprint density at radius 1 is 1.60 bits per heavy atom. The lowest BCUT2D eigenvalue weighted by Crippen LogP contribution is -2.26. The highest BCUT2D eigenvalue weighted by Gasteiger charge is 2.31. The molecule has 0 aromatic heterocycles. The maximum atomic E-state index is 9.22. The summed E-state index contributed by atoms with van der Waals surface area (Å²) in [6, 6.07) is 5.98. The van der Waals surface area contributed by atoms with Gasteiger partial charge in [0.1, 0.15) is 10.5 Å². The van der Waals surface area contributed by atoms with E-state index >= 15 is 0 Å². The van der Waals surface area contributed by atoms with Gasteiger partial charge in [0.15, 0.2) is 0 Å². The minimum absolute atomic E-state index is 0.0429. The molecule has 1 unspecified atom stereocenters. The first kappa shape index (κ1) is 11.0. The molecule has 0 N–H and O–H groups in total. The summed E-state index contributed by atoms with van der Waals surface area (Å²) < 4.78 is 5.38. The van der Waals surface area contributed by atoms with Crippen LogP contribution in [0.5, 0.6) is 5.75 Å². The van der Waals surface area contributed by atoms with Gasteiger partial charge in [-0.25, -0.2) is 0 Å². The van der Waals surface area contributed by atoms with Crippen LogP contribution in [0.3, 0.4) is 0 Å². The van der Waals surface area contributed by atoms with E-state index in [1.807, 2.05) is 12.1 Å². The second kappa shape index (κ2) is 4.55. The Kier molecular flexibility index (Phi) is 3.33. The van der Waals surface area contributed by atoms with E-state index in [0.29, 0.717) is 0 Å². The van der Waals surface area contributed by atoms with Crippen LogP contribution in [-0.2, 0) is 0 Å². The smallest absolute Gasteiger partial charge is 0.144 e. The van der Waals surface area contributed by atoms with Crippen molar-refractivity contribution in [2.24, 2.45) is 0 Å². The van der Waals surface area contributed by atoms with Gasteiger partial charge < -0.3 is 9.64 Å². The molecule has 80 valence electrons. The number of anilines is 1. The highest BCUT2D eigenvalue weighted by Crippen LogP contribution is 2.50. The van der Waals surface area contributed by atoms with Crippen LogP contribution in [0, 0.1) is 0 Å². The fourth-order valence-electron chi connectivity index (χ4n) is 1.71. The second-order valence-corrected chi connectivity index (χ2v) is 5.20. The van der Waals surface area contributed by atoms with Gasteiger partial charge in [-0.1, -0.05) is 23.0 Å². The first-order chi connectivity index (χ1) is 7.31. The van der Waals surface area contributed by atoms with Crippen LogP contribution in [-0.4, -0.2) is 18.4 Å². The normalized spacial score (nSPS) is 19.1. The monoisotopic (exact) mass is 240 g/mol. The molecule has 0 amide bonds. The molecule has 0 bridgehead atoms. The lowest BCUT2D eigenvalue weighted by Gasteiger charge is -2.23. The quantitative estimate of drug-likeness (QED) is 0.761. The van der Waals surface area contributed by atoms with Crippen molar-refractivity contribution in [3.8, 4) is 5.75 Å². The number of hydrogen-bond acceptors (Lipinski definition) is 4. The number of hydrogen-bond donors (Lipinski definition) is 0. The Morgan fingerprint density at radius 3 is 3.00 bits per heavy atom. The summed E-state index contributed by atoms with van der Waals surface area (Å²) in [6.45, 7) is 2.93. The zero-order valence-corrected chi connectivity index (χ0v) is 10.3. The van der Waals surface area contributed by atoms with E-state index in [9.17, 15) is 5.14 Å². The predicted octanol–water partition coefficient (Wildman–Crippen LogP) is 2.63. The van der Waals surface area contributed by atoms with Crippen molar-refractivity contribution >= 4 is 29.4 Å². The van der Waals surface area contributed by atoms with Crippen molar-refractivity contribution in [3.05, 3.63) is 18.2 Å². The molecule has 1 aliphatic rings. The highest BCUT2D eigenvalue weighted by atomic mass is 32.2. The molecule has 0 fully saturated rings. The Labute approximate surface area is 98.5 Å². The molecular formula is C10H12N2OS2. The van der Waals surface area contributed by atoms with Crippen molar-refractivity contribution in [2.45, 2.75) is 16.5 Å². The molecule has 2 radical (unpaired) electrons. The zero-order chi connectivity index (χ0) is 10.8. The van der Waals surface area contributed by atoms with Crippen LogP contribution < -0.4 is 14.8 Å². The van der Waals surface area contributed by atoms with Gasteiger partial charge in [0.05, 0.1) is 12.8 Å². The Bertz CT molecular complexity index is 359. The molecule has 1 aliphatic heterocycles. The largest absolute Gasteiger partial charge is 0.495 e. The van der Waals surface area contributed by atoms with Crippen molar-refractivity contribution in [1.82, 2.24) is 5.14 Å². The average Bonchev–Trinajstić information content (AvgIpc) is 2.66. The zero-order valence-electron chi connectivity index (χ0n) is 8.64. The summed E-state index contributed by atoms with van der Waals surface area (Å²) in [4.78, 5) is 3.31. The summed E-state index contributed by atoms with van der Waals surface area (Å²) in [5, 5.41) is 9.22. The van der Waals surface area contributed by atoms with E-state index in [1.165, 1.54) is 4.90 Å². The third-order valence-electron chi connectivity index (χ3n) is 2.38. The van der Waals surface area contributed by atoms with E-state index in [0.717, 1.165) is 29.9 Å². The SMILES string of the molecule is CCN1c2c(OC)cccc2SC1S[N]. The number of rotatable bonds is 3. The number of methoxy groups -OCH3 is 1. The predicted molar refractivity (Wildman–Crippen MR) is 65.4 cm³/mol. The van der Waals surface area contributed by atoms with Crippen LogP contribution in [0.25, 0.3) is 0 Å². The molecule has 2 rings (SSSR count). The maximum absolute atomic E-state index is 9.22. The van der Waals surface area contributed by atoms with Gasteiger partial charge in [-0.05, 0) is 31.0 Å². The Hall–Kier alpha value is -0.520. The molecule has 0 saturated heterocycles. The Balaban J connectivity index is 2.43. The van der Waals surface area contributed by atoms with Gasteiger partial charge in [0, 0.05) is 11.4 Å². The van der Waals surface area contributed by atoms with Crippen LogP contribution >= 0.6 is 23.7 Å². The minimum Gasteiger partial charge on any atom is -0.495 e. The fraction of sp³-hybridized carbons (Fsp3) is 0.400. The molecule has 15 heavy (non-hydrogen) atoms. The molecule has 1 aromatic carbocycles.